The molecule has 27 heavy (non-hydrogen) atoms. The van der Waals surface area contributed by atoms with Crippen LogP contribution in [0.15, 0.2) is 53.9 Å². The van der Waals surface area contributed by atoms with Gasteiger partial charge in [-0.25, -0.2) is 9.97 Å². The molecule has 3 aromatic rings. The van der Waals surface area contributed by atoms with Crippen LogP contribution in [0.25, 0.3) is 0 Å². The Morgan fingerprint density at radius 3 is 2.70 bits per heavy atom. The maximum absolute atomic E-state index is 12.3. The molecule has 5 nitrogen and oxygen atoms in total. The fourth-order valence-corrected chi connectivity index (χ4v) is 3.48. The van der Waals surface area contributed by atoms with Crippen LogP contribution < -0.4 is 10.6 Å². The first-order chi connectivity index (χ1) is 13.1. The lowest BCUT2D eigenvalue weighted by atomic mass is 10.1. The van der Waals surface area contributed by atoms with Crippen molar-refractivity contribution in [3.63, 3.8) is 0 Å². The zero-order valence-electron chi connectivity index (χ0n) is 15.6. The highest BCUT2D eigenvalue weighted by Crippen LogP contribution is 2.20. The van der Waals surface area contributed by atoms with Gasteiger partial charge in [-0.15, -0.1) is 11.3 Å². The molecule has 0 saturated heterocycles. The molecule has 1 unspecified atom stereocenters. The molecule has 1 aromatic carbocycles. The van der Waals surface area contributed by atoms with E-state index in [1.54, 1.807) is 0 Å². The average Bonchev–Trinajstić information content (AvgIpc) is 3.07. The monoisotopic (exact) mass is 380 g/mol. The summed E-state index contributed by atoms with van der Waals surface area (Å²) >= 11 is 1.48. The fraction of sp³-hybridized carbons (Fsp3) is 0.286. The van der Waals surface area contributed by atoms with Gasteiger partial charge in [-0.05, 0) is 44.4 Å². The van der Waals surface area contributed by atoms with Crippen molar-refractivity contribution < 1.29 is 4.79 Å². The van der Waals surface area contributed by atoms with Crippen LogP contribution in [0.4, 0.5) is 10.9 Å². The van der Waals surface area contributed by atoms with Crippen LogP contribution in [0.5, 0.6) is 0 Å². The molecule has 0 fully saturated rings. The first-order valence-corrected chi connectivity index (χ1v) is 9.95. The Balaban J connectivity index is 1.46. The standard InChI is InChI=1S/C21H24N4OS/c1-15-7-6-10-19(22-15)25-21-24-18(14-27-21)13-20(26)23-16(2)11-12-17-8-4-3-5-9-17/h3-10,14,16H,11-13H2,1-2H3,(H,23,26)(H,22,24,25). The Bertz CT molecular complexity index is 879. The largest absolute Gasteiger partial charge is 0.353 e. The first-order valence-electron chi connectivity index (χ1n) is 9.07. The lowest BCUT2D eigenvalue weighted by Gasteiger charge is -2.13. The molecule has 0 aliphatic heterocycles. The molecule has 0 aliphatic rings. The molecule has 1 amide bonds. The second-order valence-corrected chi connectivity index (χ2v) is 7.46. The van der Waals surface area contributed by atoms with Gasteiger partial charge in [-0.1, -0.05) is 36.4 Å². The van der Waals surface area contributed by atoms with Gasteiger partial charge in [0.05, 0.1) is 12.1 Å². The summed E-state index contributed by atoms with van der Waals surface area (Å²) in [7, 11) is 0. The molecule has 0 aliphatic carbocycles. The Labute approximate surface area is 163 Å². The number of carbonyl (C=O) groups excluding carboxylic acids is 1. The summed E-state index contributed by atoms with van der Waals surface area (Å²) in [5.41, 5.74) is 3.00. The number of pyridine rings is 1. The molecule has 1 atom stereocenters. The molecule has 0 radical (unpaired) electrons. The predicted octanol–water partition coefficient (Wildman–Crippen LogP) is 4.27. The molecule has 2 N–H and O–H groups in total. The van der Waals surface area contributed by atoms with Gasteiger partial charge in [0.25, 0.3) is 0 Å². The summed E-state index contributed by atoms with van der Waals surface area (Å²) < 4.78 is 0. The summed E-state index contributed by atoms with van der Waals surface area (Å²) in [4.78, 5) is 21.1. The van der Waals surface area contributed by atoms with E-state index in [4.69, 9.17) is 0 Å². The second-order valence-electron chi connectivity index (χ2n) is 6.60. The number of aromatic nitrogens is 2. The van der Waals surface area contributed by atoms with Crippen molar-refractivity contribution in [3.05, 3.63) is 70.9 Å². The van der Waals surface area contributed by atoms with Gasteiger partial charge in [0.1, 0.15) is 5.82 Å². The molecular weight excluding hydrogens is 356 g/mol. The number of amides is 1. The van der Waals surface area contributed by atoms with E-state index in [-0.39, 0.29) is 18.4 Å². The minimum Gasteiger partial charge on any atom is -0.353 e. The van der Waals surface area contributed by atoms with Gasteiger partial charge in [0, 0.05) is 17.1 Å². The Morgan fingerprint density at radius 1 is 1.11 bits per heavy atom. The van der Waals surface area contributed by atoms with Crippen LogP contribution >= 0.6 is 11.3 Å². The second kappa shape index (κ2) is 9.28. The van der Waals surface area contributed by atoms with Crippen molar-refractivity contribution in [2.24, 2.45) is 0 Å². The molecule has 3 rings (SSSR count). The van der Waals surface area contributed by atoms with Gasteiger partial charge >= 0.3 is 0 Å². The van der Waals surface area contributed by atoms with Crippen molar-refractivity contribution in [1.29, 1.82) is 0 Å². The number of hydrogen-bond acceptors (Lipinski definition) is 5. The molecule has 0 bridgehead atoms. The minimum absolute atomic E-state index is 0.00101. The van der Waals surface area contributed by atoms with Crippen molar-refractivity contribution in [2.75, 3.05) is 5.32 Å². The summed E-state index contributed by atoms with van der Waals surface area (Å²) in [6.45, 7) is 3.99. The zero-order valence-corrected chi connectivity index (χ0v) is 16.4. The number of rotatable bonds is 8. The number of thiazole rings is 1. The Morgan fingerprint density at radius 2 is 1.93 bits per heavy atom. The summed E-state index contributed by atoms with van der Waals surface area (Å²) in [6, 6.07) is 16.2. The third-order valence-electron chi connectivity index (χ3n) is 4.13. The smallest absolute Gasteiger partial charge is 0.226 e. The Kier molecular flexibility index (Phi) is 6.54. The number of aryl methyl sites for hydroxylation is 2. The molecule has 2 heterocycles. The van der Waals surface area contributed by atoms with Gasteiger partial charge in [-0.3, -0.25) is 4.79 Å². The van der Waals surface area contributed by atoms with Gasteiger partial charge in [0.15, 0.2) is 5.13 Å². The van der Waals surface area contributed by atoms with E-state index in [0.29, 0.717) is 0 Å². The first kappa shape index (κ1) is 19.0. The molecule has 0 saturated carbocycles. The van der Waals surface area contributed by atoms with Crippen LogP contribution in [0.1, 0.15) is 30.3 Å². The van der Waals surface area contributed by atoms with Crippen molar-refractivity contribution >= 4 is 28.2 Å². The summed E-state index contributed by atoms with van der Waals surface area (Å²) in [5.74, 6) is 0.760. The molecule has 0 spiro atoms. The number of benzene rings is 1. The minimum atomic E-state index is 0.00101. The van der Waals surface area contributed by atoms with Crippen LogP contribution in [0.2, 0.25) is 0 Å². The quantitative estimate of drug-likeness (QED) is 0.612. The predicted molar refractivity (Wildman–Crippen MR) is 110 cm³/mol. The molecule has 140 valence electrons. The van der Waals surface area contributed by atoms with Crippen LogP contribution in [-0.2, 0) is 17.6 Å². The maximum atomic E-state index is 12.3. The van der Waals surface area contributed by atoms with Gasteiger partial charge < -0.3 is 10.6 Å². The lowest BCUT2D eigenvalue weighted by molar-refractivity contribution is -0.121. The number of anilines is 2. The van der Waals surface area contributed by atoms with Crippen LogP contribution in [-0.4, -0.2) is 21.9 Å². The van der Waals surface area contributed by atoms with E-state index < -0.39 is 0 Å². The molecular formula is C21H24N4OS. The third-order valence-corrected chi connectivity index (χ3v) is 4.94. The SMILES string of the molecule is Cc1cccc(Nc2nc(CC(=O)NC(C)CCc3ccccc3)cs2)n1. The fourth-order valence-electron chi connectivity index (χ4n) is 2.76. The topological polar surface area (TPSA) is 66.9 Å². The van der Waals surface area contributed by atoms with E-state index in [9.17, 15) is 4.79 Å². The number of hydrogen-bond donors (Lipinski definition) is 2. The number of nitrogens with one attached hydrogen (secondary N) is 2. The highest BCUT2D eigenvalue weighted by molar-refractivity contribution is 7.13. The number of nitrogens with zero attached hydrogens (tertiary/aromatic N) is 2. The van der Waals surface area contributed by atoms with E-state index in [2.05, 4.69) is 32.7 Å². The van der Waals surface area contributed by atoms with Gasteiger partial charge in [0.2, 0.25) is 5.91 Å². The highest BCUT2D eigenvalue weighted by Gasteiger charge is 2.11. The highest BCUT2D eigenvalue weighted by atomic mass is 32.1. The maximum Gasteiger partial charge on any atom is 0.226 e. The number of carbonyl (C=O) groups is 1. The molecule has 6 heteroatoms. The summed E-state index contributed by atoms with van der Waals surface area (Å²) in [6.07, 6.45) is 2.16. The third kappa shape index (κ3) is 6.18. The Hall–Kier alpha value is -2.73. The van der Waals surface area contributed by atoms with Crippen molar-refractivity contribution in [3.8, 4) is 0 Å². The van der Waals surface area contributed by atoms with E-state index in [1.807, 2.05) is 55.6 Å². The summed E-state index contributed by atoms with van der Waals surface area (Å²) in [5, 5.41) is 8.89. The van der Waals surface area contributed by atoms with Crippen LogP contribution in [0.3, 0.4) is 0 Å². The van der Waals surface area contributed by atoms with Crippen molar-refractivity contribution in [1.82, 2.24) is 15.3 Å². The van der Waals surface area contributed by atoms with E-state index in [0.717, 1.165) is 35.2 Å². The average molecular weight is 381 g/mol. The lowest BCUT2D eigenvalue weighted by Crippen LogP contribution is -2.34. The van der Waals surface area contributed by atoms with Crippen LogP contribution in [0, 0.1) is 6.92 Å². The van der Waals surface area contributed by atoms with E-state index >= 15 is 0 Å². The normalized spacial score (nSPS) is 11.8. The van der Waals surface area contributed by atoms with Gasteiger partial charge in [-0.2, -0.15) is 0 Å². The molecule has 2 aromatic heterocycles. The van der Waals surface area contributed by atoms with Crippen molar-refractivity contribution in [2.45, 2.75) is 39.2 Å². The zero-order chi connectivity index (χ0) is 19.1. The van der Waals surface area contributed by atoms with E-state index in [1.165, 1.54) is 16.9 Å².